The van der Waals surface area contributed by atoms with Gasteiger partial charge in [-0.3, -0.25) is 9.52 Å². The summed E-state index contributed by atoms with van der Waals surface area (Å²) < 4.78 is 33.6. The van der Waals surface area contributed by atoms with Gasteiger partial charge >= 0.3 is 11.9 Å². The summed E-state index contributed by atoms with van der Waals surface area (Å²) in [7, 11) is -3.66. The Morgan fingerprint density at radius 3 is 2.04 bits per heavy atom. The molecule has 0 fully saturated rings. The van der Waals surface area contributed by atoms with E-state index >= 15 is 0 Å². The van der Waals surface area contributed by atoms with Crippen molar-refractivity contribution in [2.24, 2.45) is 0 Å². The van der Waals surface area contributed by atoms with Crippen molar-refractivity contribution in [1.82, 2.24) is 4.72 Å². The molecule has 1 amide bonds. The zero-order chi connectivity index (χ0) is 18.2. The highest BCUT2D eigenvalue weighted by molar-refractivity contribution is 7.89. The van der Waals surface area contributed by atoms with Crippen LogP contribution in [-0.4, -0.2) is 45.2 Å². The van der Waals surface area contributed by atoms with Gasteiger partial charge in [-0.25, -0.2) is 18.0 Å². The molecule has 0 aliphatic carbocycles. The van der Waals surface area contributed by atoms with E-state index in [2.05, 4.69) is 13.2 Å². The average Bonchev–Trinajstić information content (AvgIpc) is 2.38. The summed E-state index contributed by atoms with van der Waals surface area (Å²) in [5.41, 5.74) is 0.312. The lowest BCUT2D eigenvalue weighted by Gasteiger charge is -2.18. The Morgan fingerprint density at radius 2 is 1.61 bits per heavy atom. The molecule has 8 nitrogen and oxygen atoms in total. The van der Waals surface area contributed by atoms with Gasteiger partial charge in [0.05, 0.1) is 6.26 Å². The molecule has 0 heterocycles. The molecule has 0 rings (SSSR count). The normalized spacial score (nSPS) is 12.0. The van der Waals surface area contributed by atoms with Gasteiger partial charge in [0.25, 0.3) is 0 Å². The van der Waals surface area contributed by atoms with Crippen LogP contribution in [0, 0.1) is 0 Å². The van der Waals surface area contributed by atoms with Crippen molar-refractivity contribution in [2.45, 2.75) is 32.8 Å². The Balaban J connectivity index is 4.68. The quantitative estimate of drug-likeness (QED) is 0.475. The van der Waals surface area contributed by atoms with E-state index in [0.29, 0.717) is 0 Å². The Hall–Kier alpha value is -2.16. The Bertz CT molecular complexity index is 607. The second kappa shape index (κ2) is 9.09. The van der Waals surface area contributed by atoms with Crippen LogP contribution < -0.4 is 4.72 Å². The molecule has 1 unspecified atom stereocenters. The Labute approximate surface area is 135 Å². The van der Waals surface area contributed by atoms with Crippen LogP contribution in [0.2, 0.25) is 0 Å². The number of hydrogen-bond donors (Lipinski definition) is 1. The van der Waals surface area contributed by atoms with Gasteiger partial charge in [-0.2, -0.15) is 0 Å². The number of carbonyl (C=O) groups excluding carboxylic acids is 3. The van der Waals surface area contributed by atoms with Gasteiger partial charge in [-0.15, -0.1) is 0 Å². The first kappa shape index (κ1) is 20.8. The molecule has 1 N–H and O–H groups in total. The number of ether oxygens (including phenoxy) is 2. The fraction of sp³-hybridized carbons (Fsp3) is 0.500. The first-order valence-corrected chi connectivity index (χ1v) is 8.51. The summed E-state index contributed by atoms with van der Waals surface area (Å²) >= 11 is 0. The van der Waals surface area contributed by atoms with Crippen LogP contribution in [0.15, 0.2) is 24.3 Å². The van der Waals surface area contributed by atoms with Crippen molar-refractivity contribution in [1.29, 1.82) is 0 Å². The predicted octanol–water partition coefficient (Wildman–Crippen LogP) is 0.450. The molecule has 9 heteroatoms. The van der Waals surface area contributed by atoms with Crippen LogP contribution in [0.3, 0.4) is 0 Å². The van der Waals surface area contributed by atoms with E-state index in [1.54, 1.807) is 4.72 Å². The molecule has 1 atom stereocenters. The summed E-state index contributed by atoms with van der Waals surface area (Å²) in [4.78, 5) is 34.3. The second-order valence-electron chi connectivity index (χ2n) is 5.02. The number of amides is 1. The van der Waals surface area contributed by atoms with Gasteiger partial charge < -0.3 is 9.47 Å². The molecule has 0 bridgehead atoms. The Kier molecular flexibility index (Phi) is 8.23. The number of carbonyl (C=O) groups is 3. The van der Waals surface area contributed by atoms with Crippen molar-refractivity contribution in [2.75, 3.05) is 12.9 Å². The van der Waals surface area contributed by atoms with E-state index in [0.717, 1.165) is 6.26 Å². The van der Waals surface area contributed by atoms with E-state index < -0.39 is 34.0 Å². The molecule has 0 radical (unpaired) electrons. The first-order chi connectivity index (χ1) is 10.4. The minimum Gasteiger partial charge on any atom is -0.458 e. The third-order valence-corrected chi connectivity index (χ3v) is 2.96. The molecule has 23 heavy (non-hydrogen) atoms. The van der Waals surface area contributed by atoms with Gasteiger partial charge in [-0.1, -0.05) is 13.2 Å². The van der Waals surface area contributed by atoms with E-state index in [-0.39, 0.29) is 30.6 Å². The van der Waals surface area contributed by atoms with E-state index in [1.165, 1.54) is 13.8 Å². The molecular weight excluding hydrogens is 326 g/mol. The first-order valence-electron chi connectivity index (χ1n) is 6.62. The van der Waals surface area contributed by atoms with Crippen LogP contribution in [0.5, 0.6) is 0 Å². The monoisotopic (exact) mass is 347 g/mol. The van der Waals surface area contributed by atoms with E-state index in [4.69, 9.17) is 9.47 Å². The molecule has 0 aliphatic heterocycles. The maximum atomic E-state index is 11.5. The summed E-state index contributed by atoms with van der Waals surface area (Å²) in [6, 6.07) is 0. The lowest BCUT2D eigenvalue weighted by atomic mass is 10.2. The number of hydrogen-bond acceptors (Lipinski definition) is 7. The van der Waals surface area contributed by atoms with Crippen molar-refractivity contribution in [3.05, 3.63) is 24.3 Å². The second-order valence-corrected chi connectivity index (χ2v) is 6.77. The van der Waals surface area contributed by atoms with Gasteiger partial charge in [0.15, 0.2) is 0 Å². The number of esters is 2. The SMILES string of the molecule is C=C(C)C(=O)OCC(CCC(=O)NS(C)(=O)=O)OC(=O)C(=C)C. The van der Waals surface area contributed by atoms with Crippen molar-refractivity contribution in [3.8, 4) is 0 Å². The maximum absolute atomic E-state index is 11.5. The van der Waals surface area contributed by atoms with Crippen molar-refractivity contribution < 1.29 is 32.3 Å². The van der Waals surface area contributed by atoms with Crippen LogP contribution >= 0.6 is 0 Å². The summed E-state index contributed by atoms with van der Waals surface area (Å²) in [5, 5.41) is 0. The van der Waals surface area contributed by atoms with Gasteiger partial charge in [0, 0.05) is 17.6 Å². The number of rotatable bonds is 9. The third kappa shape index (κ3) is 10.2. The summed E-state index contributed by atoms with van der Waals surface area (Å²) in [6.07, 6.45) is -0.318. The molecule has 0 saturated heterocycles. The zero-order valence-electron chi connectivity index (χ0n) is 13.4. The molecule has 0 aromatic heterocycles. The lowest BCUT2D eigenvalue weighted by molar-refractivity contribution is -0.154. The summed E-state index contributed by atoms with van der Waals surface area (Å²) in [5.74, 6) is -2.12. The maximum Gasteiger partial charge on any atom is 0.333 e. The third-order valence-electron chi connectivity index (χ3n) is 2.36. The van der Waals surface area contributed by atoms with Crippen LogP contribution in [-0.2, 0) is 33.9 Å². The fourth-order valence-corrected chi connectivity index (χ4v) is 1.79. The van der Waals surface area contributed by atoms with Crippen molar-refractivity contribution in [3.63, 3.8) is 0 Å². The highest BCUT2D eigenvalue weighted by Crippen LogP contribution is 2.08. The predicted molar refractivity (Wildman–Crippen MR) is 82.7 cm³/mol. The smallest absolute Gasteiger partial charge is 0.333 e. The van der Waals surface area contributed by atoms with Gasteiger partial charge in [0.2, 0.25) is 15.9 Å². The van der Waals surface area contributed by atoms with Crippen molar-refractivity contribution >= 4 is 27.9 Å². The van der Waals surface area contributed by atoms with E-state index in [9.17, 15) is 22.8 Å². The van der Waals surface area contributed by atoms with Gasteiger partial charge in [0.1, 0.15) is 12.7 Å². The average molecular weight is 347 g/mol. The fourth-order valence-electron chi connectivity index (χ4n) is 1.27. The largest absolute Gasteiger partial charge is 0.458 e. The highest BCUT2D eigenvalue weighted by Gasteiger charge is 2.20. The molecule has 0 aromatic carbocycles. The van der Waals surface area contributed by atoms with Crippen LogP contribution in [0.4, 0.5) is 0 Å². The topological polar surface area (TPSA) is 116 Å². The minimum atomic E-state index is -3.66. The number of nitrogens with one attached hydrogen (secondary N) is 1. The standard InChI is InChI=1S/C14H21NO7S/c1-9(2)13(17)21-8-11(22-14(18)10(3)4)6-7-12(16)15-23(5,19)20/h11H,1,3,6-8H2,2,4-5H3,(H,15,16). The molecule has 0 aromatic rings. The minimum absolute atomic E-state index is 0.0240. The summed E-state index contributed by atoms with van der Waals surface area (Å²) in [6.45, 7) is 9.44. The molecule has 0 aliphatic rings. The molecular formula is C14H21NO7S. The van der Waals surface area contributed by atoms with Crippen LogP contribution in [0.1, 0.15) is 26.7 Å². The molecule has 0 spiro atoms. The molecule has 130 valence electrons. The van der Waals surface area contributed by atoms with Crippen LogP contribution in [0.25, 0.3) is 0 Å². The van der Waals surface area contributed by atoms with Gasteiger partial charge in [-0.05, 0) is 20.3 Å². The Morgan fingerprint density at radius 1 is 1.09 bits per heavy atom. The van der Waals surface area contributed by atoms with E-state index in [1.807, 2.05) is 0 Å². The molecule has 0 saturated carbocycles. The zero-order valence-corrected chi connectivity index (χ0v) is 14.2. The lowest BCUT2D eigenvalue weighted by Crippen LogP contribution is -2.32. The number of sulfonamides is 1. The highest BCUT2D eigenvalue weighted by atomic mass is 32.2.